The zero-order valence-electron chi connectivity index (χ0n) is 47.2. The molecule has 22 nitrogen and oxygen atoms in total. The maximum atomic E-state index is 14.0. The van der Waals surface area contributed by atoms with Gasteiger partial charge in [-0.25, -0.2) is 0 Å². The molecule has 0 heterocycles. The average molecular weight is 1250 g/mol. The fraction of sp³-hybridized carbons (Fsp3) is 0.833. The van der Waals surface area contributed by atoms with E-state index in [0.717, 1.165) is 0 Å². The van der Waals surface area contributed by atoms with Crippen LogP contribution in [0.2, 0.25) is 0 Å². The third-order valence-corrected chi connectivity index (χ3v) is 24.5. The van der Waals surface area contributed by atoms with E-state index in [9.17, 15) is 38.4 Å². The quantitative estimate of drug-likeness (QED) is 0.0305. The Morgan fingerprint density at radius 3 is 1.19 bits per heavy atom. The van der Waals surface area contributed by atoms with E-state index in [1.165, 1.54) is 43.2 Å². The molecule has 0 aromatic heterocycles. The molecular formula is C48H96N14O8S8. The molecule has 0 aliphatic carbocycles. The molecule has 454 valence electrons. The van der Waals surface area contributed by atoms with Gasteiger partial charge in [0, 0.05) is 101 Å². The molecule has 0 radical (unpaired) electrons. The minimum atomic E-state index is -1.17. The number of rotatable bonds is 47. The van der Waals surface area contributed by atoms with E-state index in [0.29, 0.717) is 101 Å². The van der Waals surface area contributed by atoms with Gasteiger partial charge in [-0.15, -0.1) is 0 Å². The Balaban J connectivity index is 5.88. The molecule has 78 heavy (non-hydrogen) atoms. The summed E-state index contributed by atoms with van der Waals surface area (Å²) >= 11 is 0. The van der Waals surface area contributed by atoms with Crippen molar-refractivity contribution in [3.8, 4) is 0 Å². The van der Waals surface area contributed by atoms with Crippen LogP contribution < -0.4 is 77.4 Å². The van der Waals surface area contributed by atoms with Crippen molar-refractivity contribution in [2.24, 2.45) is 40.1 Å². The second kappa shape index (κ2) is 42.2. The molecule has 0 spiro atoms. The first kappa shape index (κ1) is 76.3. The number of amides is 8. The highest BCUT2D eigenvalue weighted by Gasteiger charge is 2.30. The lowest BCUT2D eigenvalue weighted by atomic mass is 10.0. The summed E-state index contributed by atoms with van der Waals surface area (Å²) in [5.74, 6) is -2.03. The summed E-state index contributed by atoms with van der Waals surface area (Å²) in [5, 5.41) is 19.5. The molecule has 0 rings (SSSR count). The summed E-state index contributed by atoms with van der Waals surface area (Å²) in [6.45, 7) is 18.3. The van der Waals surface area contributed by atoms with Crippen LogP contribution in [0, 0.1) is 0 Å². The number of nitrogens with two attached hydrogens (primary N) is 7. The summed E-state index contributed by atoms with van der Waals surface area (Å²) in [6, 6.07) is -4.88. The van der Waals surface area contributed by atoms with Crippen LogP contribution >= 0.6 is 86.4 Å². The van der Waals surface area contributed by atoms with Gasteiger partial charge >= 0.3 is 0 Å². The summed E-state index contributed by atoms with van der Waals surface area (Å²) < 4.78 is -0.672. The maximum absolute atomic E-state index is 14.0. The van der Waals surface area contributed by atoms with E-state index in [1.807, 2.05) is 41.5 Å². The topological polar surface area (TPSA) is 403 Å². The molecule has 8 amide bonds. The molecule has 21 N–H and O–H groups in total. The standard InChI is InChI=1S/C48H96N14O8S8/c1-45(2,28-49)75-71-23-18-38(64)56-20-12-9-15-34(60-39(65)19-24-72-76-46(3,4)29-50)42(68)58-22-14-10-16-35(43(69)59-25-37(55)63)62-44(70)36(61-41(67)33(54)27-74-78-48(7,8)31-52)17-11-13-21-57-40(66)32(53)26-73-77-47(5,6)30-51/h32-36H,9-31,49-54H2,1-8H3,(H2,55,63)(H,56,64)(H,57,66)(H,58,68)(H,59,69)(H,60,65)(H,61,67)(H,62,70)/t32-,33-,34?,35-,36-/m1/s1. The van der Waals surface area contributed by atoms with Crippen LogP contribution in [-0.4, -0.2) is 172 Å². The summed E-state index contributed by atoms with van der Waals surface area (Å²) in [5.41, 5.74) is 41.0. The first-order valence-corrected chi connectivity index (χ1v) is 35.6. The van der Waals surface area contributed by atoms with Crippen LogP contribution in [0.1, 0.15) is 126 Å². The van der Waals surface area contributed by atoms with Gasteiger partial charge in [0.1, 0.15) is 18.1 Å². The number of carbonyl (C=O) groups is 8. The summed E-state index contributed by atoms with van der Waals surface area (Å²) in [7, 11) is 12.3. The second-order valence-electron chi connectivity index (χ2n) is 21.0. The molecule has 0 bridgehead atoms. The molecule has 30 heteroatoms. The second-order valence-corrected chi connectivity index (χ2v) is 33.3. The average Bonchev–Trinajstić information content (AvgIpc) is 3.38. The first-order chi connectivity index (χ1) is 36.5. The molecule has 5 atom stereocenters. The van der Waals surface area contributed by atoms with Gasteiger partial charge in [-0.2, -0.15) is 0 Å². The minimum absolute atomic E-state index is 0.0690. The molecule has 1 unspecified atom stereocenters. The highest BCUT2D eigenvalue weighted by Crippen LogP contribution is 2.37. The van der Waals surface area contributed by atoms with Gasteiger partial charge in [-0.3, -0.25) is 38.4 Å². The van der Waals surface area contributed by atoms with Gasteiger partial charge in [0.15, 0.2) is 0 Å². The largest absolute Gasteiger partial charge is 0.368 e. The Morgan fingerprint density at radius 1 is 0.410 bits per heavy atom. The number of hydrogen-bond donors (Lipinski definition) is 14. The zero-order valence-corrected chi connectivity index (χ0v) is 53.8. The van der Waals surface area contributed by atoms with Crippen LogP contribution in [0.3, 0.4) is 0 Å². The van der Waals surface area contributed by atoms with Crippen LogP contribution in [0.4, 0.5) is 0 Å². The Bertz CT molecular complexity index is 1810. The minimum Gasteiger partial charge on any atom is -0.368 e. The maximum Gasteiger partial charge on any atom is 0.243 e. The highest BCUT2D eigenvalue weighted by molar-refractivity contribution is 8.78. The van der Waals surface area contributed by atoms with Crippen molar-refractivity contribution in [2.75, 3.05) is 75.4 Å². The van der Waals surface area contributed by atoms with Gasteiger partial charge in [0.25, 0.3) is 0 Å². The molecule has 0 saturated heterocycles. The van der Waals surface area contributed by atoms with Gasteiger partial charge < -0.3 is 77.4 Å². The Labute approximate surface area is 496 Å². The van der Waals surface area contributed by atoms with Crippen molar-refractivity contribution in [1.82, 2.24) is 37.2 Å². The third kappa shape index (κ3) is 38.9. The first-order valence-electron chi connectivity index (χ1n) is 26.3. The number of primary amides is 1. The van der Waals surface area contributed by atoms with E-state index < -0.39 is 66.3 Å². The molecule has 0 aliphatic rings. The lowest BCUT2D eigenvalue weighted by Crippen LogP contribution is -2.56. The van der Waals surface area contributed by atoms with Crippen molar-refractivity contribution in [3.63, 3.8) is 0 Å². The predicted octanol–water partition coefficient (Wildman–Crippen LogP) is 1.81. The van der Waals surface area contributed by atoms with E-state index in [-0.39, 0.29) is 74.8 Å². The van der Waals surface area contributed by atoms with Crippen LogP contribution in [0.5, 0.6) is 0 Å². The summed E-state index contributed by atoms with van der Waals surface area (Å²) in [6.07, 6.45) is 3.71. The third-order valence-electron chi connectivity index (χ3n) is 11.1. The molecular weight excluding hydrogens is 1160 g/mol. The summed E-state index contributed by atoms with van der Waals surface area (Å²) in [4.78, 5) is 104. The highest BCUT2D eigenvalue weighted by atomic mass is 33.1. The number of hydrogen-bond acceptors (Lipinski definition) is 22. The van der Waals surface area contributed by atoms with Gasteiger partial charge in [-0.05, 0) is 113 Å². The van der Waals surface area contributed by atoms with Gasteiger partial charge in [0.2, 0.25) is 47.3 Å². The van der Waals surface area contributed by atoms with Gasteiger partial charge in [-0.1, -0.05) is 86.4 Å². The zero-order chi connectivity index (χ0) is 59.4. The van der Waals surface area contributed by atoms with Crippen molar-refractivity contribution in [3.05, 3.63) is 0 Å². The normalized spacial score (nSPS) is 14.0. The smallest absolute Gasteiger partial charge is 0.243 e. The van der Waals surface area contributed by atoms with Crippen LogP contribution in [-0.2, 0) is 38.4 Å². The molecule has 0 aliphatic heterocycles. The van der Waals surface area contributed by atoms with Gasteiger partial charge in [0.05, 0.1) is 18.6 Å². The lowest BCUT2D eigenvalue weighted by molar-refractivity contribution is -0.133. The van der Waals surface area contributed by atoms with Crippen molar-refractivity contribution < 1.29 is 38.4 Å². The van der Waals surface area contributed by atoms with Crippen molar-refractivity contribution in [2.45, 2.75) is 175 Å². The number of nitrogens with one attached hydrogen (secondary N) is 7. The predicted molar refractivity (Wildman–Crippen MR) is 336 cm³/mol. The SMILES string of the molecule is CC(C)(CN)SSCCC(=O)NCCCCC(NC(=O)CCSSC(C)(C)CN)C(=O)NCCCC[C@@H](NC(=O)[C@@H](CCCCNC(=O)[C@H](N)CSSC(C)(C)CN)NC(=O)[C@H](N)CSSC(C)(C)CN)C(=O)NCC(N)=O. The Morgan fingerprint density at radius 2 is 0.756 bits per heavy atom. The molecule has 0 aromatic rings. The van der Waals surface area contributed by atoms with Crippen LogP contribution in [0.15, 0.2) is 0 Å². The fourth-order valence-electron chi connectivity index (χ4n) is 5.83. The van der Waals surface area contributed by atoms with Crippen LogP contribution in [0.25, 0.3) is 0 Å². The molecule has 0 saturated carbocycles. The van der Waals surface area contributed by atoms with E-state index in [1.54, 1.807) is 43.2 Å². The number of unbranched alkanes of at least 4 members (excludes halogenated alkanes) is 3. The fourth-order valence-corrected chi connectivity index (χ4v) is 15.7. The van der Waals surface area contributed by atoms with Crippen molar-refractivity contribution in [1.29, 1.82) is 0 Å². The Kier molecular flexibility index (Phi) is 41.3. The Hall–Kier alpha value is -1.68. The van der Waals surface area contributed by atoms with Crippen molar-refractivity contribution >= 4 is 134 Å². The number of carbonyl (C=O) groups excluding carboxylic acids is 8. The molecule has 0 fully saturated rings. The molecule has 0 aromatic carbocycles. The lowest BCUT2D eigenvalue weighted by Gasteiger charge is -2.25. The monoisotopic (exact) mass is 1250 g/mol. The van der Waals surface area contributed by atoms with E-state index in [2.05, 4.69) is 51.1 Å². The van der Waals surface area contributed by atoms with E-state index >= 15 is 0 Å². The van der Waals surface area contributed by atoms with E-state index in [4.69, 9.17) is 40.1 Å².